The van der Waals surface area contributed by atoms with Gasteiger partial charge in [0, 0.05) is 18.0 Å². The van der Waals surface area contributed by atoms with Gasteiger partial charge in [0.05, 0.1) is 27.8 Å². The van der Waals surface area contributed by atoms with Crippen LogP contribution in [0.3, 0.4) is 0 Å². The maximum Gasteiger partial charge on any atom is 0.161 e. The lowest BCUT2D eigenvalue weighted by atomic mass is 10.2. The molecule has 5 nitrogen and oxygen atoms in total. The van der Waals surface area contributed by atoms with Crippen molar-refractivity contribution in [1.29, 1.82) is 0 Å². The molecule has 19 heavy (non-hydrogen) atoms. The van der Waals surface area contributed by atoms with Gasteiger partial charge in [-0.15, -0.1) is 0 Å². The number of carbonyl (C=O) groups is 1. The van der Waals surface area contributed by atoms with Crippen LogP contribution in [-0.2, 0) is 11.3 Å². The predicted molar refractivity (Wildman–Crippen MR) is 69.2 cm³/mol. The quantitative estimate of drug-likeness (QED) is 0.673. The van der Waals surface area contributed by atoms with Crippen LogP contribution in [0.4, 0.5) is 0 Å². The van der Waals surface area contributed by atoms with Crippen molar-refractivity contribution in [2.75, 3.05) is 27.8 Å². The largest absolute Gasteiger partial charge is 0.550 e. The molecule has 1 aromatic carbocycles. The monoisotopic (exact) mass is 267 g/mol. The van der Waals surface area contributed by atoms with Crippen LogP contribution in [0.1, 0.15) is 18.4 Å². The van der Waals surface area contributed by atoms with Crippen LogP contribution >= 0.6 is 0 Å². The Kier molecular flexibility index (Phi) is 6.15. The Labute approximate surface area is 113 Å². The number of carboxylic acid groups (broad SMARTS) is 1. The number of methoxy groups -OCH3 is 2. The number of aliphatic carboxylic acids is 1. The number of carboxylic acids is 1. The van der Waals surface area contributed by atoms with E-state index in [1.807, 2.05) is 25.2 Å². The van der Waals surface area contributed by atoms with Gasteiger partial charge < -0.3 is 24.3 Å². The summed E-state index contributed by atoms with van der Waals surface area (Å²) in [5.74, 6) is 0.433. The molecule has 0 aliphatic heterocycles. The Hall–Kier alpha value is -1.75. The van der Waals surface area contributed by atoms with Crippen molar-refractivity contribution in [2.45, 2.75) is 19.4 Å². The minimum absolute atomic E-state index is 0.114. The van der Waals surface area contributed by atoms with Gasteiger partial charge >= 0.3 is 0 Å². The highest BCUT2D eigenvalue weighted by molar-refractivity contribution is 5.64. The molecule has 0 saturated carbocycles. The molecule has 1 atom stereocenters. The van der Waals surface area contributed by atoms with Gasteiger partial charge in [0.1, 0.15) is 6.54 Å². The van der Waals surface area contributed by atoms with Crippen molar-refractivity contribution in [3.63, 3.8) is 0 Å². The van der Waals surface area contributed by atoms with E-state index >= 15 is 0 Å². The molecule has 0 aliphatic rings. The second-order valence-electron chi connectivity index (χ2n) is 4.55. The fourth-order valence-corrected chi connectivity index (χ4v) is 1.96. The lowest BCUT2D eigenvalue weighted by Crippen LogP contribution is -3.07. The third-order valence-electron chi connectivity index (χ3n) is 2.94. The normalized spacial score (nSPS) is 11.9. The second-order valence-corrected chi connectivity index (χ2v) is 4.55. The zero-order valence-corrected chi connectivity index (χ0v) is 11.7. The third-order valence-corrected chi connectivity index (χ3v) is 2.94. The maximum absolute atomic E-state index is 10.3. The molecule has 1 unspecified atom stereocenters. The van der Waals surface area contributed by atoms with E-state index in [2.05, 4.69) is 0 Å². The average Bonchev–Trinajstić information content (AvgIpc) is 2.38. The minimum Gasteiger partial charge on any atom is -0.550 e. The first-order valence-corrected chi connectivity index (χ1v) is 6.29. The van der Waals surface area contributed by atoms with Crippen molar-refractivity contribution in [3.8, 4) is 11.5 Å². The maximum atomic E-state index is 10.3. The van der Waals surface area contributed by atoms with E-state index < -0.39 is 5.97 Å². The first kappa shape index (κ1) is 15.3. The SMILES string of the molecule is COc1ccc(C[NH+](C)CCCC(=O)[O-])cc1OC. The molecule has 0 aromatic heterocycles. The van der Waals surface area contributed by atoms with Crippen LogP contribution in [0.15, 0.2) is 18.2 Å². The summed E-state index contributed by atoms with van der Waals surface area (Å²) in [4.78, 5) is 11.6. The zero-order valence-electron chi connectivity index (χ0n) is 11.7. The molecule has 0 bridgehead atoms. The van der Waals surface area contributed by atoms with E-state index in [9.17, 15) is 9.90 Å². The zero-order chi connectivity index (χ0) is 14.3. The van der Waals surface area contributed by atoms with Gasteiger partial charge in [-0.3, -0.25) is 0 Å². The summed E-state index contributed by atoms with van der Waals surface area (Å²) in [6.07, 6.45) is 0.741. The van der Waals surface area contributed by atoms with Crippen LogP contribution in [0, 0.1) is 0 Å². The third kappa shape index (κ3) is 5.18. The fraction of sp³-hybridized carbons (Fsp3) is 0.500. The Morgan fingerprint density at radius 2 is 1.95 bits per heavy atom. The standard InChI is InChI=1S/C14H21NO4/c1-15(8-4-5-14(16)17)10-11-6-7-12(18-2)13(9-11)19-3/h6-7,9H,4-5,8,10H2,1-3H3,(H,16,17). The Morgan fingerprint density at radius 3 is 2.53 bits per heavy atom. The first-order valence-electron chi connectivity index (χ1n) is 6.29. The Balaban J connectivity index is 2.54. The molecule has 0 saturated heterocycles. The smallest absolute Gasteiger partial charge is 0.161 e. The second kappa shape index (κ2) is 7.63. The summed E-state index contributed by atoms with van der Waals surface area (Å²) in [5.41, 5.74) is 1.13. The van der Waals surface area contributed by atoms with Crippen molar-refractivity contribution in [3.05, 3.63) is 23.8 Å². The summed E-state index contributed by atoms with van der Waals surface area (Å²) in [7, 11) is 5.25. The highest BCUT2D eigenvalue weighted by Crippen LogP contribution is 2.27. The molecule has 1 rings (SSSR count). The summed E-state index contributed by atoms with van der Waals surface area (Å²) in [6.45, 7) is 1.61. The van der Waals surface area contributed by atoms with E-state index in [-0.39, 0.29) is 6.42 Å². The van der Waals surface area contributed by atoms with Gasteiger partial charge in [0.2, 0.25) is 0 Å². The van der Waals surface area contributed by atoms with Crippen molar-refractivity contribution >= 4 is 5.97 Å². The summed E-state index contributed by atoms with van der Waals surface area (Å²) in [5, 5.41) is 10.3. The van der Waals surface area contributed by atoms with Crippen molar-refractivity contribution < 1.29 is 24.3 Å². The summed E-state index contributed by atoms with van der Waals surface area (Å²) in [6, 6.07) is 5.81. The molecule has 0 fully saturated rings. The van der Waals surface area contributed by atoms with Crippen LogP contribution in [0.2, 0.25) is 0 Å². The number of nitrogens with one attached hydrogen (secondary N) is 1. The number of rotatable bonds is 8. The van der Waals surface area contributed by atoms with E-state index in [0.29, 0.717) is 17.9 Å². The first-order chi connectivity index (χ1) is 9.06. The molecule has 0 heterocycles. The Morgan fingerprint density at radius 1 is 1.26 bits per heavy atom. The van der Waals surface area contributed by atoms with Gasteiger partial charge in [-0.05, 0) is 24.6 Å². The number of carbonyl (C=O) groups excluding carboxylic acids is 1. The van der Waals surface area contributed by atoms with Gasteiger partial charge in [0.15, 0.2) is 11.5 Å². The average molecular weight is 267 g/mol. The van der Waals surface area contributed by atoms with E-state index in [0.717, 1.165) is 18.7 Å². The molecule has 0 spiro atoms. The van der Waals surface area contributed by atoms with Gasteiger partial charge in [-0.1, -0.05) is 0 Å². The molecule has 1 aromatic rings. The molecule has 0 aliphatic carbocycles. The lowest BCUT2D eigenvalue weighted by molar-refractivity contribution is -0.893. The highest BCUT2D eigenvalue weighted by atomic mass is 16.5. The number of hydrogen-bond donors (Lipinski definition) is 1. The van der Waals surface area contributed by atoms with Crippen LogP contribution in [0.5, 0.6) is 11.5 Å². The van der Waals surface area contributed by atoms with E-state index in [1.54, 1.807) is 14.2 Å². The molecule has 106 valence electrons. The van der Waals surface area contributed by atoms with E-state index in [4.69, 9.17) is 9.47 Å². The summed E-state index contributed by atoms with van der Waals surface area (Å²) < 4.78 is 10.4. The number of benzene rings is 1. The predicted octanol–water partition coefficient (Wildman–Crippen LogP) is -0.751. The fourth-order valence-electron chi connectivity index (χ4n) is 1.96. The summed E-state index contributed by atoms with van der Waals surface area (Å²) >= 11 is 0. The van der Waals surface area contributed by atoms with Crippen LogP contribution in [0.25, 0.3) is 0 Å². The molecular weight excluding hydrogens is 246 g/mol. The van der Waals surface area contributed by atoms with Crippen molar-refractivity contribution in [1.82, 2.24) is 0 Å². The van der Waals surface area contributed by atoms with Crippen LogP contribution in [-0.4, -0.2) is 33.8 Å². The minimum atomic E-state index is -0.987. The molecule has 5 heteroatoms. The van der Waals surface area contributed by atoms with E-state index in [1.165, 1.54) is 4.90 Å². The van der Waals surface area contributed by atoms with Gasteiger partial charge in [-0.2, -0.15) is 0 Å². The molecule has 1 N–H and O–H groups in total. The Bertz CT molecular complexity index is 420. The van der Waals surface area contributed by atoms with Crippen LogP contribution < -0.4 is 19.5 Å². The topological polar surface area (TPSA) is 63.0 Å². The molecule has 0 radical (unpaired) electrons. The lowest BCUT2D eigenvalue weighted by Gasteiger charge is -2.15. The number of ether oxygens (including phenoxy) is 2. The van der Waals surface area contributed by atoms with Gasteiger partial charge in [0.25, 0.3) is 0 Å². The molecular formula is C14H21NO4. The highest BCUT2D eigenvalue weighted by Gasteiger charge is 2.08. The number of quaternary nitrogens is 1. The number of hydrogen-bond acceptors (Lipinski definition) is 4. The van der Waals surface area contributed by atoms with Gasteiger partial charge in [-0.25, -0.2) is 0 Å². The molecule has 0 amide bonds. The van der Waals surface area contributed by atoms with Crippen molar-refractivity contribution in [2.24, 2.45) is 0 Å².